The quantitative estimate of drug-likeness (QED) is 0.348. The van der Waals surface area contributed by atoms with Gasteiger partial charge in [-0.15, -0.1) is 5.10 Å². The Morgan fingerprint density at radius 1 is 1.23 bits per heavy atom. The van der Waals surface area contributed by atoms with Crippen LogP contribution in [-0.4, -0.2) is 86.9 Å². The number of anilines is 1. The van der Waals surface area contributed by atoms with Crippen molar-refractivity contribution < 1.29 is 31.4 Å². The summed E-state index contributed by atoms with van der Waals surface area (Å²) >= 11 is 0. The van der Waals surface area contributed by atoms with Crippen LogP contribution in [0, 0.1) is 12.7 Å². The normalized spacial score (nSPS) is 20.2. The van der Waals surface area contributed by atoms with Crippen molar-refractivity contribution in [3.05, 3.63) is 36.0 Å². The molecule has 2 fully saturated rings. The summed E-state index contributed by atoms with van der Waals surface area (Å²) in [6, 6.07) is 3.59. The molecule has 0 saturated carbocycles. The molecule has 1 N–H and O–H groups in total. The molecule has 39 heavy (non-hydrogen) atoms. The van der Waals surface area contributed by atoms with Gasteiger partial charge in [0.25, 0.3) is 12.3 Å². The molecular weight excluding hydrogens is 525 g/mol. The van der Waals surface area contributed by atoms with Crippen LogP contribution in [0.4, 0.5) is 27.9 Å². The van der Waals surface area contributed by atoms with E-state index in [1.165, 1.54) is 16.2 Å². The molecule has 2 aliphatic rings. The number of rotatable bonds is 7. The number of fused-ring (bicyclic) bond motifs is 2. The lowest BCUT2D eigenvalue weighted by Crippen LogP contribution is -2.61. The molecular formula is C25H26F5N7O2. The van der Waals surface area contributed by atoms with Crippen molar-refractivity contribution in [3.8, 4) is 17.0 Å². The van der Waals surface area contributed by atoms with Gasteiger partial charge in [0.1, 0.15) is 11.3 Å². The Labute approximate surface area is 219 Å². The number of imidazole rings is 1. The van der Waals surface area contributed by atoms with Crippen molar-refractivity contribution in [2.75, 3.05) is 38.7 Å². The second kappa shape index (κ2) is 9.59. The van der Waals surface area contributed by atoms with Crippen LogP contribution >= 0.6 is 0 Å². The lowest BCUT2D eigenvalue weighted by atomic mass is 9.98. The van der Waals surface area contributed by atoms with Crippen molar-refractivity contribution in [2.24, 2.45) is 0 Å². The molecule has 14 heteroatoms. The molecule has 0 radical (unpaired) electrons. The van der Waals surface area contributed by atoms with Gasteiger partial charge in [-0.25, -0.2) is 31.5 Å². The minimum atomic E-state index is -3.05. The molecule has 5 heterocycles. The molecule has 1 atom stereocenters. The van der Waals surface area contributed by atoms with Gasteiger partial charge in [0.05, 0.1) is 68.3 Å². The molecule has 2 saturated heterocycles. The first-order chi connectivity index (χ1) is 18.6. The van der Waals surface area contributed by atoms with Gasteiger partial charge in [0, 0.05) is 6.54 Å². The highest BCUT2D eigenvalue weighted by molar-refractivity contribution is 5.90. The topological polar surface area (TPSA) is 81.7 Å². The molecule has 208 valence electrons. The van der Waals surface area contributed by atoms with Crippen molar-refractivity contribution in [3.63, 3.8) is 0 Å². The zero-order valence-corrected chi connectivity index (χ0v) is 21.2. The number of nitrogens with zero attached hydrogens (tertiary/aromatic N) is 6. The molecule has 0 aliphatic carbocycles. The minimum Gasteiger partial charge on any atom is -0.479 e. The van der Waals surface area contributed by atoms with Crippen LogP contribution in [0.1, 0.15) is 12.2 Å². The summed E-state index contributed by atoms with van der Waals surface area (Å²) < 4.78 is 84.8. The van der Waals surface area contributed by atoms with E-state index in [1.807, 2.05) is 0 Å². The van der Waals surface area contributed by atoms with Crippen LogP contribution in [0.5, 0.6) is 5.88 Å². The SMILES string of the molecule is COc1nc(NC2CCN(C3COC3)CC2(F)F)nn2cc(F)c(-c3ccc4nc(C)n(CC(F)F)c4c3)c12. The summed E-state index contributed by atoms with van der Waals surface area (Å²) in [6.45, 7) is 2.03. The van der Waals surface area contributed by atoms with E-state index < -0.39 is 37.3 Å². The summed E-state index contributed by atoms with van der Waals surface area (Å²) in [6.07, 6.45) is -1.34. The Morgan fingerprint density at radius 3 is 2.69 bits per heavy atom. The fourth-order valence-corrected chi connectivity index (χ4v) is 5.31. The molecule has 0 bridgehead atoms. The molecule has 4 aromatic rings. The van der Waals surface area contributed by atoms with E-state index in [2.05, 4.69) is 20.4 Å². The maximum atomic E-state index is 15.4. The molecule has 0 amide bonds. The molecule has 3 aromatic heterocycles. The number of halogens is 5. The van der Waals surface area contributed by atoms with Crippen molar-refractivity contribution >= 4 is 22.5 Å². The molecule has 6 rings (SSSR count). The highest BCUT2D eigenvalue weighted by atomic mass is 19.3. The number of hydrogen-bond donors (Lipinski definition) is 1. The fourth-order valence-electron chi connectivity index (χ4n) is 5.31. The van der Waals surface area contributed by atoms with Crippen LogP contribution < -0.4 is 10.1 Å². The second-order valence-electron chi connectivity index (χ2n) is 9.86. The molecule has 0 spiro atoms. The standard InChI is InChI=1S/C25H26F5N7O2/c1-13-31-17-4-3-14(7-18(17)36(13)9-20(27)28)21-16(26)8-37-22(21)23(38-2)33-24(34-37)32-19-5-6-35(12-25(19,29)30)15-10-39-11-15/h3-4,7-8,15,19-20H,5-6,9-12H2,1-2H3,(H,32,34). The zero-order valence-electron chi connectivity index (χ0n) is 21.2. The Hall–Kier alpha value is -3.52. The minimum absolute atomic E-state index is 0.00272. The Morgan fingerprint density at radius 2 is 2.03 bits per heavy atom. The van der Waals surface area contributed by atoms with Crippen molar-refractivity contribution in [1.82, 2.24) is 29.0 Å². The van der Waals surface area contributed by atoms with Gasteiger partial charge >= 0.3 is 0 Å². The summed E-state index contributed by atoms with van der Waals surface area (Å²) in [4.78, 5) is 10.3. The highest BCUT2D eigenvalue weighted by Crippen LogP contribution is 2.37. The predicted molar refractivity (Wildman–Crippen MR) is 132 cm³/mol. The number of aromatic nitrogens is 5. The number of methoxy groups -OCH3 is 1. The van der Waals surface area contributed by atoms with Gasteiger partial charge < -0.3 is 19.4 Å². The summed E-state index contributed by atoms with van der Waals surface area (Å²) in [5.41, 5.74) is 1.54. The monoisotopic (exact) mass is 551 g/mol. The lowest BCUT2D eigenvalue weighted by molar-refractivity contribution is -0.131. The van der Waals surface area contributed by atoms with Gasteiger partial charge in [0.2, 0.25) is 11.8 Å². The molecule has 1 aromatic carbocycles. The number of piperidine rings is 1. The maximum Gasteiger partial charge on any atom is 0.280 e. The average Bonchev–Trinajstić information content (AvgIpc) is 3.33. The Bertz CT molecular complexity index is 1530. The summed E-state index contributed by atoms with van der Waals surface area (Å²) in [7, 11) is 1.33. The molecule has 1 unspecified atom stereocenters. The van der Waals surface area contributed by atoms with Crippen LogP contribution in [0.25, 0.3) is 27.7 Å². The van der Waals surface area contributed by atoms with Gasteiger partial charge in [-0.1, -0.05) is 6.07 Å². The van der Waals surface area contributed by atoms with E-state index >= 15 is 4.39 Å². The lowest BCUT2D eigenvalue weighted by Gasteiger charge is -2.44. The third kappa shape index (κ3) is 4.54. The van der Waals surface area contributed by atoms with Crippen molar-refractivity contribution in [2.45, 2.75) is 44.3 Å². The van der Waals surface area contributed by atoms with E-state index in [1.54, 1.807) is 30.0 Å². The average molecular weight is 552 g/mol. The Balaban J connectivity index is 1.34. The zero-order chi connectivity index (χ0) is 27.5. The van der Waals surface area contributed by atoms with Gasteiger partial charge in [-0.2, -0.15) is 4.98 Å². The van der Waals surface area contributed by atoms with Crippen LogP contribution in [0.15, 0.2) is 24.4 Å². The second-order valence-corrected chi connectivity index (χ2v) is 9.86. The first-order valence-electron chi connectivity index (χ1n) is 12.5. The number of alkyl halides is 4. The number of likely N-dealkylation sites (tertiary alicyclic amines) is 1. The van der Waals surface area contributed by atoms with Crippen LogP contribution in [0.3, 0.4) is 0 Å². The highest BCUT2D eigenvalue weighted by Gasteiger charge is 2.47. The van der Waals surface area contributed by atoms with Gasteiger partial charge in [-0.05, 0) is 31.0 Å². The molecule has 9 nitrogen and oxygen atoms in total. The first-order valence-corrected chi connectivity index (χ1v) is 12.5. The fraction of sp³-hybridized carbons (Fsp3) is 0.480. The molecule has 2 aliphatic heterocycles. The number of aryl methyl sites for hydroxylation is 1. The van der Waals surface area contributed by atoms with Crippen molar-refractivity contribution in [1.29, 1.82) is 0 Å². The third-order valence-corrected chi connectivity index (χ3v) is 7.36. The van der Waals surface area contributed by atoms with E-state index in [0.717, 1.165) is 6.20 Å². The van der Waals surface area contributed by atoms with Crippen LogP contribution in [0.2, 0.25) is 0 Å². The summed E-state index contributed by atoms with van der Waals surface area (Å²) in [5, 5.41) is 6.96. The maximum absolute atomic E-state index is 15.4. The summed E-state index contributed by atoms with van der Waals surface area (Å²) in [5.74, 6) is -3.48. The smallest absolute Gasteiger partial charge is 0.280 e. The largest absolute Gasteiger partial charge is 0.479 e. The number of hydrogen-bond acceptors (Lipinski definition) is 7. The first kappa shape index (κ1) is 25.7. The van der Waals surface area contributed by atoms with E-state index in [-0.39, 0.29) is 35.4 Å². The number of ether oxygens (including phenoxy) is 2. The van der Waals surface area contributed by atoms with Gasteiger partial charge in [0.15, 0.2) is 5.82 Å². The van der Waals surface area contributed by atoms with Crippen LogP contribution in [-0.2, 0) is 11.3 Å². The van der Waals surface area contributed by atoms with E-state index in [4.69, 9.17) is 9.47 Å². The van der Waals surface area contributed by atoms with E-state index in [9.17, 15) is 17.6 Å². The Kier molecular flexibility index (Phi) is 6.33. The number of benzene rings is 1. The van der Waals surface area contributed by atoms with Gasteiger partial charge in [-0.3, -0.25) is 4.90 Å². The predicted octanol–water partition coefficient (Wildman–Crippen LogP) is 3.99. The number of nitrogens with one attached hydrogen (secondary N) is 1. The third-order valence-electron chi connectivity index (χ3n) is 7.36. The van der Waals surface area contributed by atoms with E-state index in [0.29, 0.717) is 42.2 Å².